The van der Waals surface area contributed by atoms with E-state index in [4.69, 9.17) is 4.74 Å². The van der Waals surface area contributed by atoms with E-state index in [2.05, 4.69) is 15.6 Å². The maximum atomic E-state index is 13.3. The second kappa shape index (κ2) is 8.03. The Morgan fingerprint density at radius 3 is 2.28 bits per heavy atom. The molecule has 0 aliphatic carbocycles. The van der Waals surface area contributed by atoms with E-state index in [1.54, 1.807) is 30.8 Å². The maximum absolute atomic E-state index is 13.3. The molecule has 1 amide bonds. The van der Waals surface area contributed by atoms with Crippen LogP contribution < -0.4 is 10.1 Å². The fourth-order valence-electron chi connectivity index (χ4n) is 3.16. The first-order valence-electron chi connectivity index (χ1n) is 9.34. The molecule has 0 aliphatic heterocycles. The quantitative estimate of drug-likeness (QED) is 0.700. The van der Waals surface area contributed by atoms with Crippen LogP contribution in [0.4, 0.5) is 4.39 Å². The normalized spacial score (nSPS) is 12.5. The van der Waals surface area contributed by atoms with Crippen LogP contribution in [-0.2, 0) is 0 Å². The van der Waals surface area contributed by atoms with Crippen molar-refractivity contribution in [2.75, 3.05) is 7.11 Å². The summed E-state index contributed by atoms with van der Waals surface area (Å²) in [6, 6.07) is 13.2. The number of carbonyl (C=O) groups is 1. The molecule has 29 heavy (non-hydrogen) atoms. The first-order chi connectivity index (χ1) is 13.7. The number of benzene rings is 2. The Hall–Kier alpha value is -3.22. The van der Waals surface area contributed by atoms with E-state index in [0.717, 1.165) is 17.0 Å². The smallest absolute Gasteiger partial charge is 0.274 e. The summed E-state index contributed by atoms with van der Waals surface area (Å²) in [7, 11) is 1.60. The lowest BCUT2D eigenvalue weighted by atomic mass is 9.82. The third-order valence-electron chi connectivity index (χ3n) is 4.77. The van der Waals surface area contributed by atoms with E-state index in [1.807, 2.05) is 45.0 Å². The molecule has 1 heterocycles. The lowest BCUT2D eigenvalue weighted by Crippen LogP contribution is -2.37. The van der Waals surface area contributed by atoms with Crippen LogP contribution in [0.3, 0.4) is 0 Å². The number of amides is 1. The van der Waals surface area contributed by atoms with Gasteiger partial charge in [0.25, 0.3) is 5.91 Å². The van der Waals surface area contributed by atoms with Crippen LogP contribution in [0.2, 0.25) is 0 Å². The predicted molar refractivity (Wildman–Crippen MR) is 109 cm³/mol. The van der Waals surface area contributed by atoms with Crippen LogP contribution >= 0.6 is 0 Å². The maximum Gasteiger partial charge on any atom is 0.274 e. The second-order valence-corrected chi connectivity index (χ2v) is 7.96. The summed E-state index contributed by atoms with van der Waals surface area (Å²) in [5.41, 5.74) is 2.19. The zero-order valence-corrected chi connectivity index (χ0v) is 17.2. The van der Waals surface area contributed by atoms with Crippen molar-refractivity contribution in [3.05, 3.63) is 71.3 Å². The third kappa shape index (κ3) is 4.45. The molecule has 1 aromatic heterocycles. The number of hydrogen-bond donors (Lipinski definition) is 1. The van der Waals surface area contributed by atoms with Gasteiger partial charge in [-0.15, -0.1) is 5.10 Å². The summed E-state index contributed by atoms with van der Waals surface area (Å²) in [5.74, 6) is 0.0920. The molecule has 0 bridgehead atoms. The average Bonchev–Trinajstić information content (AvgIpc) is 3.07. The minimum absolute atomic E-state index is 0.247. The van der Waals surface area contributed by atoms with Gasteiger partial charge in [-0.3, -0.25) is 4.79 Å². The van der Waals surface area contributed by atoms with Gasteiger partial charge >= 0.3 is 0 Å². The fourth-order valence-corrected chi connectivity index (χ4v) is 3.16. The number of halogens is 1. The Bertz CT molecular complexity index is 989. The van der Waals surface area contributed by atoms with Crippen LogP contribution in [0.5, 0.6) is 5.75 Å². The van der Waals surface area contributed by atoms with E-state index in [0.29, 0.717) is 5.69 Å². The number of nitrogens with zero attached hydrogens (tertiary/aromatic N) is 3. The minimum atomic E-state index is -0.327. The number of rotatable bonds is 5. The second-order valence-electron chi connectivity index (χ2n) is 7.96. The summed E-state index contributed by atoms with van der Waals surface area (Å²) >= 11 is 0. The van der Waals surface area contributed by atoms with Gasteiger partial charge in [0.05, 0.1) is 24.5 Å². The van der Waals surface area contributed by atoms with Crippen molar-refractivity contribution in [2.24, 2.45) is 5.41 Å². The topological polar surface area (TPSA) is 69.0 Å². The molecule has 3 aromatic rings. The Morgan fingerprint density at radius 2 is 1.72 bits per heavy atom. The van der Waals surface area contributed by atoms with Gasteiger partial charge in [-0.05, 0) is 54.3 Å². The Kier molecular flexibility index (Phi) is 5.68. The first-order valence-corrected chi connectivity index (χ1v) is 9.34. The number of nitrogens with one attached hydrogen (secondary N) is 1. The van der Waals surface area contributed by atoms with Crippen LogP contribution in [-0.4, -0.2) is 28.0 Å². The van der Waals surface area contributed by atoms with Gasteiger partial charge in [-0.1, -0.05) is 38.1 Å². The SMILES string of the molecule is COc1ccc(-n2nnc(C(=O)NC(c3ccc(F)cc3)C(C)(C)C)c2C)cc1. The van der Waals surface area contributed by atoms with Crippen molar-refractivity contribution >= 4 is 5.91 Å². The monoisotopic (exact) mass is 396 g/mol. The highest BCUT2D eigenvalue weighted by Gasteiger charge is 2.30. The highest BCUT2D eigenvalue weighted by Crippen LogP contribution is 2.33. The number of carbonyl (C=O) groups excluding carboxylic acids is 1. The molecule has 3 rings (SSSR count). The summed E-state index contributed by atoms with van der Waals surface area (Å²) in [6.45, 7) is 7.84. The van der Waals surface area contributed by atoms with Crippen LogP contribution in [0.25, 0.3) is 5.69 Å². The molecule has 0 spiro atoms. The molecule has 152 valence electrons. The number of methoxy groups -OCH3 is 1. The van der Waals surface area contributed by atoms with Crippen LogP contribution in [0, 0.1) is 18.2 Å². The molecule has 0 radical (unpaired) electrons. The fraction of sp³-hybridized carbons (Fsp3) is 0.318. The minimum Gasteiger partial charge on any atom is -0.497 e. The van der Waals surface area contributed by atoms with Crippen molar-refractivity contribution in [1.82, 2.24) is 20.3 Å². The van der Waals surface area contributed by atoms with E-state index in [-0.39, 0.29) is 28.9 Å². The molecule has 1 N–H and O–H groups in total. The van der Waals surface area contributed by atoms with Gasteiger partial charge in [-0.25, -0.2) is 9.07 Å². The zero-order valence-electron chi connectivity index (χ0n) is 17.2. The number of ether oxygens (including phenoxy) is 1. The van der Waals surface area contributed by atoms with Gasteiger partial charge in [0.15, 0.2) is 5.69 Å². The molecule has 0 saturated heterocycles. The molecular formula is C22H25FN4O2. The lowest BCUT2D eigenvalue weighted by Gasteiger charge is -2.31. The van der Waals surface area contributed by atoms with Gasteiger partial charge in [-0.2, -0.15) is 0 Å². The Balaban J connectivity index is 1.87. The van der Waals surface area contributed by atoms with Crippen molar-refractivity contribution < 1.29 is 13.9 Å². The summed E-state index contributed by atoms with van der Waals surface area (Å²) in [5, 5.41) is 11.3. The molecule has 7 heteroatoms. The zero-order chi connectivity index (χ0) is 21.2. The van der Waals surface area contributed by atoms with Crippen LogP contribution in [0.15, 0.2) is 48.5 Å². The largest absolute Gasteiger partial charge is 0.497 e. The summed E-state index contributed by atoms with van der Waals surface area (Å²) in [6.07, 6.45) is 0. The van der Waals surface area contributed by atoms with Gasteiger partial charge in [0.1, 0.15) is 11.6 Å². The van der Waals surface area contributed by atoms with Gasteiger partial charge in [0.2, 0.25) is 0 Å². The van der Waals surface area contributed by atoms with Gasteiger partial charge in [0, 0.05) is 0 Å². The van der Waals surface area contributed by atoms with E-state index in [9.17, 15) is 9.18 Å². The number of aromatic nitrogens is 3. The van der Waals surface area contributed by atoms with E-state index >= 15 is 0 Å². The van der Waals surface area contributed by atoms with E-state index < -0.39 is 0 Å². The summed E-state index contributed by atoms with van der Waals surface area (Å²) in [4.78, 5) is 13.0. The first kappa shape index (κ1) is 20.5. The van der Waals surface area contributed by atoms with Crippen molar-refractivity contribution in [2.45, 2.75) is 33.7 Å². The highest BCUT2D eigenvalue weighted by molar-refractivity contribution is 5.93. The predicted octanol–water partition coefficient (Wildman–Crippen LogP) is 4.24. The molecular weight excluding hydrogens is 371 g/mol. The molecule has 6 nitrogen and oxygen atoms in total. The summed E-state index contributed by atoms with van der Waals surface area (Å²) < 4.78 is 20.1. The Labute approximate surface area is 169 Å². The molecule has 2 aromatic carbocycles. The molecule has 1 atom stereocenters. The van der Waals surface area contributed by atoms with Crippen molar-refractivity contribution in [3.8, 4) is 11.4 Å². The molecule has 1 unspecified atom stereocenters. The molecule has 0 saturated carbocycles. The number of hydrogen-bond acceptors (Lipinski definition) is 4. The Morgan fingerprint density at radius 1 is 1.10 bits per heavy atom. The van der Waals surface area contributed by atoms with Crippen LogP contribution in [0.1, 0.15) is 48.6 Å². The average molecular weight is 396 g/mol. The van der Waals surface area contributed by atoms with Crippen molar-refractivity contribution in [3.63, 3.8) is 0 Å². The standard InChI is InChI=1S/C22H25FN4O2/c1-14-19(25-26-27(14)17-10-12-18(29-5)13-11-17)21(28)24-20(22(2,3)4)15-6-8-16(23)9-7-15/h6-13,20H,1-5H3,(H,24,28). The lowest BCUT2D eigenvalue weighted by molar-refractivity contribution is 0.0896. The third-order valence-corrected chi connectivity index (χ3v) is 4.77. The highest BCUT2D eigenvalue weighted by atomic mass is 19.1. The van der Waals surface area contributed by atoms with Gasteiger partial charge < -0.3 is 10.1 Å². The van der Waals surface area contributed by atoms with Crippen molar-refractivity contribution in [1.29, 1.82) is 0 Å². The van der Waals surface area contributed by atoms with E-state index in [1.165, 1.54) is 12.1 Å². The molecule has 0 fully saturated rings. The molecule has 0 aliphatic rings.